The van der Waals surface area contributed by atoms with Crippen LogP contribution in [0.15, 0.2) is 34.9 Å². The molecule has 1 amide bonds. The molecule has 0 unspecified atom stereocenters. The number of amides is 1. The number of nitrogens with zero attached hydrogens (tertiary/aromatic N) is 3. The second-order valence-corrected chi connectivity index (χ2v) is 12.0. The van der Waals surface area contributed by atoms with E-state index in [1.54, 1.807) is 0 Å². The molecule has 7 nitrogen and oxygen atoms in total. The van der Waals surface area contributed by atoms with Crippen LogP contribution in [0.3, 0.4) is 0 Å². The fourth-order valence-corrected chi connectivity index (χ4v) is 6.14. The number of nitrogens with one attached hydrogen (secondary N) is 1. The molecule has 0 radical (unpaired) electrons. The third-order valence-corrected chi connectivity index (χ3v) is 8.26. The Morgan fingerprint density at radius 2 is 1.85 bits per heavy atom. The number of carbonyl (C=O) groups excluding carboxylic acids is 1. The molecule has 3 saturated carbocycles. The molecule has 2 aromatic rings. The van der Waals surface area contributed by atoms with Gasteiger partial charge in [-0.05, 0) is 83.4 Å². The first-order chi connectivity index (χ1) is 16.3. The van der Waals surface area contributed by atoms with Crippen LogP contribution < -0.4 is 5.32 Å². The van der Waals surface area contributed by atoms with Gasteiger partial charge in [-0.1, -0.05) is 35.5 Å². The molecule has 7 heteroatoms. The summed E-state index contributed by atoms with van der Waals surface area (Å²) >= 11 is 0. The van der Waals surface area contributed by atoms with Gasteiger partial charge < -0.3 is 19.5 Å². The Morgan fingerprint density at radius 3 is 2.50 bits per heavy atom. The maximum absolute atomic E-state index is 13.3. The third-order valence-electron chi connectivity index (χ3n) is 8.26. The van der Waals surface area contributed by atoms with Crippen LogP contribution in [0.1, 0.15) is 82.0 Å². The van der Waals surface area contributed by atoms with Gasteiger partial charge in [0.05, 0.1) is 5.41 Å². The summed E-state index contributed by atoms with van der Waals surface area (Å²) in [4.78, 5) is 20.2. The highest BCUT2D eigenvalue weighted by Gasteiger charge is 2.55. The van der Waals surface area contributed by atoms with E-state index in [0.717, 1.165) is 68.7 Å². The lowest BCUT2D eigenvalue weighted by atomic mass is 10.0. The number of hydrogen-bond donors (Lipinski definition) is 1. The predicted octanol–water partition coefficient (Wildman–Crippen LogP) is 4.61. The zero-order valence-corrected chi connectivity index (χ0v) is 20.5. The molecule has 3 aliphatic carbocycles. The Labute approximate surface area is 201 Å². The van der Waals surface area contributed by atoms with Crippen LogP contribution in [0, 0.1) is 11.8 Å². The van der Waals surface area contributed by atoms with E-state index in [0.29, 0.717) is 18.4 Å². The molecular weight excluding hydrogens is 428 g/mol. The lowest BCUT2D eigenvalue weighted by molar-refractivity contribution is 0.0208. The van der Waals surface area contributed by atoms with E-state index < -0.39 is 5.60 Å². The van der Waals surface area contributed by atoms with E-state index in [9.17, 15) is 4.79 Å². The molecule has 1 N–H and O–H groups in total. The van der Waals surface area contributed by atoms with Crippen molar-refractivity contribution >= 4 is 6.09 Å². The quantitative estimate of drug-likeness (QED) is 0.673. The standard InChI is InChI=1S/C27H36N4O3/c1-26(2,3)33-25(32)31(22-13-21(22)17-7-5-4-6-8-17)16-27(9-10-27)24-29-23(34-30-24)18-11-19-14-28-15-20(19)12-18/h4-8,18-22,28H,9-16H2,1-3H3/t18-,19-,20+,21-,22+/m0/s1. The Morgan fingerprint density at radius 1 is 1.15 bits per heavy atom. The molecule has 0 spiro atoms. The molecule has 5 atom stereocenters. The van der Waals surface area contributed by atoms with Gasteiger partial charge in [-0.15, -0.1) is 0 Å². The number of carbonyl (C=O) groups is 1. The van der Waals surface area contributed by atoms with Gasteiger partial charge in [0.25, 0.3) is 0 Å². The maximum Gasteiger partial charge on any atom is 0.410 e. The summed E-state index contributed by atoms with van der Waals surface area (Å²) in [7, 11) is 0. The van der Waals surface area contributed by atoms with Gasteiger partial charge in [-0.25, -0.2) is 4.79 Å². The number of benzene rings is 1. The number of aromatic nitrogens is 2. The van der Waals surface area contributed by atoms with Gasteiger partial charge in [0.2, 0.25) is 5.89 Å². The van der Waals surface area contributed by atoms with Crippen LogP contribution in [0.2, 0.25) is 0 Å². The molecule has 6 rings (SSSR count). The Bertz CT molecular complexity index is 1030. The van der Waals surface area contributed by atoms with Crippen LogP contribution in [0.25, 0.3) is 0 Å². The smallest absolute Gasteiger partial charge is 0.410 e. The Hall–Kier alpha value is -2.41. The molecule has 2 heterocycles. The van der Waals surface area contributed by atoms with Crippen molar-refractivity contribution in [3.63, 3.8) is 0 Å². The topological polar surface area (TPSA) is 80.5 Å². The maximum atomic E-state index is 13.3. The summed E-state index contributed by atoms with van der Waals surface area (Å²) < 4.78 is 11.7. The highest BCUT2D eigenvalue weighted by molar-refractivity contribution is 5.70. The van der Waals surface area contributed by atoms with Crippen LogP contribution in [-0.4, -0.2) is 52.4 Å². The zero-order chi connectivity index (χ0) is 23.5. The summed E-state index contributed by atoms with van der Waals surface area (Å²) in [6, 6.07) is 10.6. The van der Waals surface area contributed by atoms with Crippen molar-refractivity contribution in [1.29, 1.82) is 0 Å². The van der Waals surface area contributed by atoms with Crippen molar-refractivity contribution in [3.05, 3.63) is 47.6 Å². The molecule has 4 aliphatic rings. The first-order valence-electron chi connectivity index (χ1n) is 12.9. The van der Waals surface area contributed by atoms with Gasteiger partial charge in [0.1, 0.15) is 5.60 Å². The summed E-state index contributed by atoms with van der Waals surface area (Å²) in [5.41, 5.74) is 0.546. The van der Waals surface area contributed by atoms with Crippen LogP contribution in [0.5, 0.6) is 0 Å². The Balaban J connectivity index is 1.19. The van der Waals surface area contributed by atoms with E-state index in [2.05, 4.69) is 34.7 Å². The van der Waals surface area contributed by atoms with E-state index in [-0.39, 0.29) is 17.6 Å². The van der Waals surface area contributed by atoms with Crippen molar-refractivity contribution in [2.45, 2.75) is 81.8 Å². The number of ether oxygens (including phenoxy) is 1. The number of fused-ring (bicyclic) bond motifs is 1. The largest absolute Gasteiger partial charge is 0.444 e. The van der Waals surface area contributed by atoms with Gasteiger partial charge in [-0.3, -0.25) is 0 Å². The second kappa shape index (κ2) is 8.08. The van der Waals surface area contributed by atoms with Crippen molar-refractivity contribution in [2.75, 3.05) is 19.6 Å². The highest BCUT2D eigenvalue weighted by Crippen LogP contribution is 2.52. The average Bonchev–Trinajstić information content (AvgIpc) is 3.56. The molecule has 1 saturated heterocycles. The molecular formula is C27H36N4O3. The fourth-order valence-electron chi connectivity index (χ4n) is 6.14. The van der Waals surface area contributed by atoms with Gasteiger partial charge in [-0.2, -0.15) is 4.98 Å². The summed E-state index contributed by atoms with van der Waals surface area (Å²) in [5.74, 6) is 3.79. The van der Waals surface area contributed by atoms with E-state index in [1.807, 2.05) is 31.7 Å². The zero-order valence-electron chi connectivity index (χ0n) is 20.5. The number of rotatable bonds is 6. The average molecular weight is 465 g/mol. The van der Waals surface area contributed by atoms with E-state index in [4.69, 9.17) is 14.2 Å². The van der Waals surface area contributed by atoms with Crippen LogP contribution in [-0.2, 0) is 10.2 Å². The third kappa shape index (κ3) is 4.23. The first kappa shape index (κ1) is 22.1. The Kier molecular flexibility index (Phi) is 5.24. The van der Waals surface area contributed by atoms with Crippen LogP contribution >= 0.6 is 0 Å². The number of hydrogen-bond acceptors (Lipinski definition) is 6. The predicted molar refractivity (Wildman–Crippen MR) is 128 cm³/mol. The van der Waals surface area contributed by atoms with Gasteiger partial charge in [0, 0.05) is 24.4 Å². The van der Waals surface area contributed by atoms with Crippen molar-refractivity contribution < 1.29 is 14.1 Å². The molecule has 1 aromatic heterocycles. The normalized spacial score (nSPS) is 31.2. The van der Waals surface area contributed by atoms with Crippen molar-refractivity contribution in [3.8, 4) is 0 Å². The molecule has 4 fully saturated rings. The first-order valence-corrected chi connectivity index (χ1v) is 12.9. The minimum Gasteiger partial charge on any atom is -0.444 e. The van der Waals surface area contributed by atoms with E-state index in [1.165, 1.54) is 5.56 Å². The van der Waals surface area contributed by atoms with Gasteiger partial charge >= 0.3 is 6.09 Å². The molecule has 1 aliphatic heterocycles. The lowest BCUT2D eigenvalue weighted by Gasteiger charge is -2.30. The molecule has 182 valence electrons. The summed E-state index contributed by atoms with van der Waals surface area (Å²) in [5, 5.41) is 7.95. The van der Waals surface area contributed by atoms with Crippen LogP contribution in [0.4, 0.5) is 4.79 Å². The van der Waals surface area contributed by atoms with Crippen molar-refractivity contribution in [1.82, 2.24) is 20.4 Å². The second-order valence-electron chi connectivity index (χ2n) is 12.0. The lowest BCUT2D eigenvalue weighted by Crippen LogP contribution is -2.43. The summed E-state index contributed by atoms with van der Waals surface area (Å²) in [6.07, 6.45) is 4.97. The van der Waals surface area contributed by atoms with Crippen molar-refractivity contribution in [2.24, 2.45) is 11.8 Å². The SMILES string of the molecule is CC(C)(C)OC(=O)N(CC1(c2noc([C@H]3C[C@H]4CNC[C@H]4C3)n2)CC1)[C@@H]1C[C@H]1c1ccccc1. The molecule has 0 bridgehead atoms. The molecule has 1 aromatic carbocycles. The van der Waals surface area contributed by atoms with E-state index >= 15 is 0 Å². The molecule has 34 heavy (non-hydrogen) atoms. The fraction of sp³-hybridized carbons (Fsp3) is 0.667. The minimum atomic E-state index is -0.530. The monoisotopic (exact) mass is 464 g/mol. The highest BCUT2D eigenvalue weighted by atomic mass is 16.6. The summed E-state index contributed by atoms with van der Waals surface area (Å²) in [6.45, 7) is 8.59. The minimum absolute atomic E-state index is 0.155. The van der Waals surface area contributed by atoms with Gasteiger partial charge in [0.15, 0.2) is 5.82 Å².